The zero-order valence-corrected chi connectivity index (χ0v) is 6.79. The van der Waals surface area contributed by atoms with Crippen molar-refractivity contribution in [2.24, 2.45) is 0 Å². The minimum atomic E-state index is -0.235. The number of fused-ring (bicyclic) bond motifs is 1. The summed E-state index contributed by atoms with van der Waals surface area (Å²) in [4.78, 5) is 0. The van der Waals surface area contributed by atoms with Crippen LogP contribution in [0.25, 0.3) is 10.9 Å². The van der Waals surface area contributed by atoms with Gasteiger partial charge in [0, 0.05) is 0 Å². The number of aromatic amines is 1. The number of benzene rings is 1. The Morgan fingerprint density at radius 3 is 3.09 bits per heavy atom. The summed E-state index contributed by atoms with van der Waals surface area (Å²) in [5.41, 5.74) is 0.731. The van der Waals surface area contributed by atoms with Gasteiger partial charge in [0.15, 0.2) is 0 Å². The Bertz CT molecular complexity index is 396. The molecule has 0 aliphatic heterocycles. The van der Waals surface area contributed by atoms with E-state index in [4.69, 9.17) is 0 Å². The van der Waals surface area contributed by atoms with Gasteiger partial charge >= 0.3 is 0 Å². The van der Waals surface area contributed by atoms with Gasteiger partial charge < -0.3 is 0 Å². The molecule has 1 aromatic heterocycles. The van der Waals surface area contributed by atoms with Gasteiger partial charge in [0.25, 0.3) is 0 Å². The van der Waals surface area contributed by atoms with Crippen LogP contribution >= 0.6 is 9.24 Å². The summed E-state index contributed by atoms with van der Waals surface area (Å²) in [7, 11) is 2.44. The van der Waals surface area contributed by atoms with E-state index >= 15 is 0 Å². The zero-order chi connectivity index (χ0) is 7.84. The Morgan fingerprint density at radius 2 is 2.27 bits per heavy atom. The Kier molecular flexibility index (Phi) is 1.40. The predicted molar refractivity (Wildman–Crippen MR) is 45.4 cm³/mol. The lowest BCUT2D eigenvalue weighted by atomic mass is 10.2. The molecule has 0 radical (unpaired) electrons. The van der Waals surface area contributed by atoms with Crippen LogP contribution in [0.15, 0.2) is 18.3 Å². The first-order chi connectivity index (χ1) is 5.27. The number of hydrogen-bond acceptors (Lipinski definition) is 1. The van der Waals surface area contributed by atoms with Gasteiger partial charge in [0.1, 0.15) is 5.82 Å². The first-order valence-corrected chi connectivity index (χ1v) is 3.73. The second-order valence-corrected chi connectivity index (χ2v) is 3.00. The standard InChI is InChI=1S/C7H6FN2P/c8-6-1-4(11)2-7-5(6)3-9-10-7/h1-3H,11H2,(H,9,10). The van der Waals surface area contributed by atoms with E-state index in [1.807, 2.05) is 6.07 Å². The molecule has 0 aliphatic carbocycles. The summed E-state index contributed by atoms with van der Waals surface area (Å²) in [5.74, 6) is -0.235. The van der Waals surface area contributed by atoms with Crippen molar-refractivity contribution in [1.82, 2.24) is 10.2 Å². The maximum absolute atomic E-state index is 13.0. The molecule has 1 heterocycles. The largest absolute Gasteiger partial charge is 0.278 e. The van der Waals surface area contributed by atoms with E-state index in [1.54, 1.807) is 0 Å². The lowest BCUT2D eigenvalue weighted by molar-refractivity contribution is 0.641. The molecule has 0 saturated heterocycles. The monoisotopic (exact) mass is 168 g/mol. The van der Waals surface area contributed by atoms with Crippen molar-refractivity contribution in [3.63, 3.8) is 0 Å². The zero-order valence-electron chi connectivity index (χ0n) is 5.63. The number of nitrogens with zero attached hydrogens (tertiary/aromatic N) is 1. The molecule has 0 amide bonds. The molecule has 4 heteroatoms. The highest BCUT2D eigenvalue weighted by Crippen LogP contribution is 2.13. The SMILES string of the molecule is Fc1cc(P)cc2[nH]ncc12. The Morgan fingerprint density at radius 1 is 1.45 bits per heavy atom. The van der Waals surface area contributed by atoms with Gasteiger partial charge in [-0.25, -0.2) is 4.39 Å². The number of H-pyrrole nitrogens is 1. The summed E-state index contributed by atoms with van der Waals surface area (Å²) in [6.07, 6.45) is 1.48. The third kappa shape index (κ3) is 1.02. The molecule has 2 nitrogen and oxygen atoms in total. The van der Waals surface area contributed by atoms with Crippen LogP contribution in [0, 0.1) is 5.82 Å². The van der Waals surface area contributed by atoms with E-state index in [1.165, 1.54) is 12.3 Å². The van der Waals surface area contributed by atoms with Gasteiger partial charge in [-0.1, -0.05) is 0 Å². The Hall–Kier alpha value is -0.950. The van der Waals surface area contributed by atoms with E-state index < -0.39 is 0 Å². The van der Waals surface area contributed by atoms with Gasteiger partial charge in [-0.2, -0.15) is 5.10 Å². The highest BCUT2D eigenvalue weighted by Gasteiger charge is 2.01. The molecule has 1 N–H and O–H groups in total. The molecule has 0 aliphatic rings. The van der Waals surface area contributed by atoms with E-state index in [9.17, 15) is 4.39 Å². The van der Waals surface area contributed by atoms with Crippen molar-refractivity contribution in [2.45, 2.75) is 0 Å². The molecular weight excluding hydrogens is 162 g/mol. The lowest BCUT2D eigenvalue weighted by Gasteiger charge is -1.93. The first kappa shape index (κ1) is 6.74. The lowest BCUT2D eigenvalue weighted by Crippen LogP contribution is -1.91. The van der Waals surface area contributed by atoms with Crippen LogP contribution in [0.5, 0.6) is 0 Å². The van der Waals surface area contributed by atoms with Crippen LogP contribution in [-0.4, -0.2) is 10.2 Å². The van der Waals surface area contributed by atoms with Crippen LogP contribution in [0.4, 0.5) is 4.39 Å². The van der Waals surface area contributed by atoms with Gasteiger partial charge in [-0.3, -0.25) is 5.10 Å². The molecule has 1 atom stereocenters. The summed E-state index contributed by atoms with van der Waals surface area (Å²) >= 11 is 0. The number of nitrogens with one attached hydrogen (secondary N) is 1. The van der Waals surface area contributed by atoms with Crippen molar-refractivity contribution in [1.29, 1.82) is 0 Å². The van der Waals surface area contributed by atoms with Gasteiger partial charge in [0.2, 0.25) is 0 Å². The average molecular weight is 168 g/mol. The third-order valence-electron chi connectivity index (χ3n) is 1.53. The number of rotatable bonds is 0. The first-order valence-electron chi connectivity index (χ1n) is 3.15. The molecule has 0 spiro atoms. The van der Waals surface area contributed by atoms with Crippen molar-refractivity contribution >= 4 is 25.4 Å². The summed E-state index contributed by atoms with van der Waals surface area (Å²) < 4.78 is 13.0. The van der Waals surface area contributed by atoms with E-state index in [0.29, 0.717) is 5.39 Å². The molecule has 0 bridgehead atoms. The minimum Gasteiger partial charge on any atom is -0.278 e. The van der Waals surface area contributed by atoms with Crippen LogP contribution in [0.2, 0.25) is 0 Å². The second-order valence-electron chi connectivity index (χ2n) is 2.33. The number of halogens is 1. The summed E-state index contributed by atoms with van der Waals surface area (Å²) in [5, 5.41) is 7.78. The van der Waals surface area contributed by atoms with Gasteiger partial charge in [-0.15, -0.1) is 9.24 Å². The van der Waals surface area contributed by atoms with E-state index in [2.05, 4.69) is 19.4 Å². The molecule has 0 saturated carbocycles. The topological polar surface area (TPSA) is 28.7 Å². The van der Waals surface area contributed by atoms with Crippen molar-refractivity contribution in [3.05, 3.63) is 24.1 Å². The highest BCUT2D eigenvalue weighted by molar-refractivity contribution is 7.27. The molecule has 11 heavy (non-hydrogen) atoms. The second kappa shape index (κ2) is 2.28. The summed E-state index contributed by atoms with van der Waals surface area (Å²) in [6, 6.07) is 3.29. The molecule has 0 fully saturated rings. The van der Waals surface area contributed by atoms with Crippen LogP contribution < -0.4 is 5.30 Å². The molecule has 1 unspecified atom stereocenters. The minimum absolute atomic E-state index is 0.235. The molecule has 56 valence electrons. The fourth-order valence-electron chi connectivity index (χ4n) is 1.03. The Balaban J connectivity index is 2.91. The molecule has 2 rings (SSSR count). The molecular formula is C7H6FN2P. The smallest absolute Gasteiger partial charge is 0.134 e. The average Bonchev–Trinajstić information content (AvgIpc) is 2.34. The van der Waals surface area contributed by atoms with Crippen LogP contribution in [-0.2, 0) is 0 Å². The maximum Gasteiger partial charge on any atom is 0.134 e. The van der Waals surface area contributed by atoms with Crippen molar-refractivity contribution in [2.75, 3.05) is 0 Å². The van der Waals surface area contributed by atoms with Gasteiger partial charge in [-0.05, 0) is 17.4 Å². The van der Waals surface area contributed by atoms with Gasteiger partial charge in [0.05, 0.1) is 17.1 Å². The predicted octanol–water partition coefficient (Wildman–Crippen LogP) is 1.20. The normalized spacial score (nSPS) is 10.7. The Labute approximate surface area is 65.0 Å². The van der Waals surface area contributed by atoms with Crippen LogP contribution in [0.3, 0.4) is 0 Å². The quantitative estimate of drug-likeness (QED) is 0.588. The molecule has 1 aromatic carbocycles. The van der Waals surface area contributed by atoms with Crippen molar-refractivity contribution < 1.29 is 4.39 Å². The molecule has 2 aromatic rings. The van der Waals surface area contributed by atoms with E-state index in [-0.39, 0.29) is 5.82 Å². The fourth-order valence-corrected chi connectivity index (χ4v) is 1.34. The third-order valence-corrected chi connectivity index (χ3v) is 1.86. The van der Waals surface area contributed by atoms with E-state index in [0.717, 1.165) is 10.8 Å². The fraction of sp³-hybridized carbons (Fsp3) is 0. The summed E-state index contributed by atoms with van der Waals surface area (Å²) in [6.45, 7) is 0. The maximum atomic E-state index is 13.0. The number of hydrogen-bond donors (Lipinski definition) is 1. The van der Waals surface area contributed by atoms with Crippen molar-refractivity contribution in [3.8, 4) is 0 Å². The highest BCUT2D eigenvalue weighted by atomic mass is 31.0. The van der Waals surface area contributed by atoms with Crippen LogP contribution in [0.1, 0.15) is 0 Å². The number of aromatic nitrogens is 2.